The number of imidazole rings is 1. The van der Waals surface area contributed by atoms with Crippen LogP contribution in [0.15, 0.2) is 41.7 Å². The fourth-order valence-electron chi connectivity index (χ4n) is 1.63. The lowest BCUT2D eigenvalue weighted by Crippen LogP contribution is -2.15. The van der Waals surface area contributed by atoms with Crippen LogP contribution in [0.4, 0.5) is 0 Å². The summed E-state index contributed by atoms with van der Waals surface area (Å²) in [4.78, 5) is 4.33. The molecule has 0 amide bonds. The number of aromatic nitrogens is 2. The molecule has 1 aromatic carbocycles. The highest BCUT2D eigenvalue weighted by Crippen LogP contribution is 2.24. The summed E-state index contributed by atoms with van der Waals surface area (Å²) >= 11 is 1.44. The number of benzene rings is 1. The van der Waals surface area contributed by atoms with E-state index in [0.717, 1.165) is 16.4 Å². The molecular formula is C13H16N2O2S. The number of thioether (sulfide) groups is 1. The first kappa shape index (κ1) is 13.1. The minimum absolute atomic E-state index is 0.219. The minimum atomic E-state index is -0.702. The third-order valence-electron chi connectivity index (χ3n) is 2.63. The van der Waals surface area contributed by atoms with E-state index in [0.29, 0.717) is 5.75 Å². The van der Waals surface area contributed by atoms with E-state index in [1.165, 1.54) is 11.8 Å². The Hall–Kier alpha value is -1.30. The molecular weight excluding hydrogens is 248 g/mol. The Morgan fingerprint density at radius 1 is 1.33 bits per heavy atom. The van der Waals surface area contributed by atoms with E-state index < -0.39 is 6.10 Å². The lowest BCUT2D eigenvalue weighted by atomic mass is 10.2. The van der Waals surface area contributed by atoms with Crippen molar-refractivity contribution < 1.29 is 10.2 Å². The van der Waals surface area contributed by atoms with Gasteiger partial charge in [-0.15, -0.1) is 0 Å². The van der Waals surface area contributed by atoms with E-state index in [-0.39, 0.29) is 6.61 Å². The third kappa shape index (κ3) is 2.93. The largest absolute Gasteiger partial charge is 0.394 e. The third-order valence-corrected chi connectivity index (χ3v) is 3.82. The van der Waals surface area contributed by atoms with Gasteiger partial charge in [-0.2, -0.15) is 0 Å². The Morgan fingerprint density at radius 2 is 2.06 bits per heavy atom. The number of aliphatic hydroxyl groups is 2. The normalized spacial score (nSPS) is 12.6. The maximum absolute atomic E-state index is 9.33. The minimum Gasteiger partial charge on any atom is -0.394 e. The summed E-state index contributed by atoms with van der Waals surface area (Å²) in [6.07, 6.45) is 1.12. The molecule has 1 atom stereocenters. The number of rotatable bonds is 5. The molecule has 1 aromatic heterocycles. The standard InChI is InChI=1S/C13H16N2O2S/c1-15-12(10-5-3-2-4-6-10)7-14-13(15)18-9-11(17)8-16/h2-7,11,16-17H,8-9H2,1H3. The topological polar surface area (TPSA) is 58.3 Å². The highest BCUT2D eigenvalue weighted by atomic mass is 32.2. The van der Waals surface area contributed by atoms with E-state index in [1.54, 1.807) is 0 Å². The first-order valence-electron chi connectivity index (χ1n) is 5.71. The molecule has 4 nitrogen and oxygen atoms in total. The van der Waals surface area contributed by atoms with Crippen molar-refractivity contribution in [2.75, 3.05) is 12.4 Å². The van der Waals surface area contributed by atoms with Crippen LogP contribution in [0.25, 0.3) is 11.3 Å². The van der Waals surface area contributed by atoms with Crippen LogP contribution in [-0.2, 0) is 7.05 Å². The molecule has 0 aliphatic heterocycles. The van der Waals surface area contributed by atoms with Gasteiger partial charge in [-0.25, -0.2) is 4.98 Å². The van der Waals surface area contributed by atoms with Crippen LogP contribution >= 0.6 is 11.8 Å². The molecule has 0 aliphatic carbocycles. The fourth-order valence-corrected chi connectivity index (χ4v) is 2.49. The second-order valence-corrected chi connectivity index (χ2v) is 4.99. The smallest absolute Gasteiger partial charge is 0.168 e. The maximum atomic E-state index is 9.33. The Morgan fingerprint density at radius 3 is 2.72 bits per heavy atom. The molecule has 0 spiro atoms. The molecule has 2 aromatic rings. The summed E-state index contributed by atoms with van der Waals surface area (Å²) in [5.41, 5.74) is 2.15. The van der Waals surface area contributed by atoms with Crippen molar-refractivity contribution in [2.45, 2.75) is 11.3 Å². The number of nitrogens with zero attached hydrogens (tertiary/aromatic N) is 2. The predicted octanol–water partition coefficient (Wildman–Crippen LogP) is 1.53. The second kappa shape index (κ2) is 6.04. The summed E-state index contributed by atoms with van der Waals surface area (Å²) < 4.78 is 1.99. The summed E-state index contributed by atoms with van der Waals surface area (Å²) in [5.74, 6) is 0.440. The van der Waals surface area contributed by atoms with Gasteiger partial charge in [0.05, 0.1) is 24.6 Å². The summed E-state index contributed by atoms with van der Waals surface area (Å²) in [7, 11) is 1.95. The predicted molar refractivity (Wildman–Crippen MR) is 72.5 cm³/mol. The van der Waals surface area contributed by atoms with Crippen LogP contribution in [0.2, 0.25) is 0 Å². The molecule has 0 saturated carbocycles. The van der Waals surface area contributed by atoms with E-state index in [2.05, 4.69) is 4.98 Å². The molecule has 1 heterocycles. The molecule has 2 rings (SSSR count). The van der Waals surface area contributed by atoms with Crippen molar-refractivity contribution in [3.05, 3.63) is 36.5 Å². The zero-order chi connectivity index (χ0) is 13.0. The zero-order valence-corrected chi connectivity index (χ0v) is 11.0. The van der Waals surface area contributed by atoms with Crippen LogP contribution in [-0.4, -0.2) is 38.2 Å². The summed E-state index contributed by atoms with van der Waals surface area (Å²) in [6.45, 7) is -0.219. The molecule has 0 radical (unpaired) electrons. The highest BCUT2D eigenvalue weighted by Gasteiger charge is 2.10. The van der Waals surface area contributed by atoms with E-state index in [4.69, 9.17) is 5.11 Å². The molecule has 0 fully saturated rings. The first-order chi connectivity index (χ1) is 8.72. The zero-order valence-electron chi connectivity index (χ0n) is 10.2. The van der Waals surface area contributed by atoms with Gasteiger partial charge in [-0.3, -0.25) is 0 Å². The van der Waals surface area contributed by atoms with Crippen LogP contribution in [0.5, 0.6) is 0 Å². The SMILES string of the molecule is Cn1c(-c2ccccc2)cnc1SCC(O)CO. The Bertz CT molecular complexity index is 499. The van der Waals surface area contributed by atoms with Gasteiger partial charge in [0.2, 0.25) is 0 Å². The molecule has 0 bridgehead atoms. The Kier molecular flexibility index (Phi) is 4.41. The lowest BCUT2D eigenvalue weighted by Gasteiger charge is -2.08. The van der Waals surface area contributed by atoms with E-state index in [9.17, 15) is 5.11 Å². The van der Waals surface area contributed by atoms with Gasteiger partial charge in [0, 0.05) is 12.8 Å². The lowest BCUT2D eigenvalue weighted by molar-refractivity contribution is 0.113. The summed E-state index contributed by atoms with van der Waals surface area (Å²) in [6, 6.07) is 10.0. The number of aliphatic hydroxyl groups excluding tert-OH is 2. The molecule has 0 saturated heterocycles. The van der Waals surface area contributed by atoms with Crippen molar-refractivity contribution >= 4 is 11.8 Å². The quantitative estimate of drug-likeness (QED) is 0.804. The fraction of sp³-hybridized carbons (Fsp3) is 0.308. The van der Waals surface area contributed by atoms with Gasteiger partial charge in [-0.05, 0) is 5.56 Å². The molecule has 2 N–H and O–H groups in total. The average Bonchev–Trinajstić information content (AvgIpc) is 2.78. The number of hydrogen-bond donors (Lipinski definition) is 2. The van der Waals surface area contributed by atoms with Crippen molar-refractivity contribution in [1.29, 1.82) is 0 Å². The van der Waals surface area contributed by atoms with Crippen LogP contribution in [0.1, 0.15) is 0 Å². The van der Waals surface area contributed by atoms with Crippen LogP contribution in [0.3, 0.4) is 0 Å². The maximum Gasteiger partial charge on any atom is 0.168 e. The van der Waals surface area contributed by atoms with Crippen molar-refractivity contribution in [1.82, 2.24) is 9.55 Å². The molecule has 96 valence electrons. The average molecular weight is 264 g/mol. The Balaban J connectivity index is 2.14. The monoisotopic (exact) mass is 264 g/mol. The van der Waals surface area contributed by atoms with Crippen molar-refractivity contribution in [2.24, 2.45) is 7.05 Å². The van der Waals surface area contributed by atoms with Gasteiger partial charge in [0.15, 0.2) is 5.16 Å². The van der Waals surface area contributed by atoms with Crippen LogP contribution in [0, 0.1) is 0 Å². The highest BCUT2D eigenvalue weighted by molar-refractivity contribution is 7.99. The van der Waals surface area contributed by atoms with E-state index in [1.807, 2.05) is 48.1 Å². The number of hydrogen-bond acceptors (Lipinski definition) is 4. The van der Waals surface area contributed by atoms with Gasteiger partial charge in [0.25, 0.3) is 0 Å². The Labute approximate surface area is 110 Å². The van der Waals surface area contributed by atoms with Crippen LogP contribution < -0.4 is 0 Å². The van der Waals surface area contributed by atoms with E-state index >= 15 is 0 Å². The van der Waals surface area contributed by atoms with Crippen molar-refractivity contribution in [3.8, 4) is 11.3 Å². The van der Waals surface area contributed by atoms with Gasteiger partial charge in [-0.1, -0.05) is 42.1 Å². The molecule has 1 unspecified atom stereocenters. The second-order valence-electron chi connectivity index (χ2n) is 4.00. The van der Waals surface area contributed by atoms with Crippen molar-refractivity contribution in [3.63, 3.8) is 0 Å². The van der Waals surface area contributed by atoms with Gasteiger partial charge >= 0.3 is 0 Å². The first-order valence-corrected chi connectivity index (χ1v) is 6.69. The van der Waals surface area contributed by atoms with Gasteiger partial charge in [0.1, 0.15) is 0 Å². The van der Waals surface area contributed by atoms with Gasteiger partial charge < -0.3 is 14.8 Å². The summed E-state index contributed by atoms with van der Waals surface area (Å²) in [5, 5.41) is 18.9. The molecule has 5 heteroatoms. The molecule has 18 heavy (non-hydrogen) atoms. The molecule has 0 aliphatic rings.